The van der Waals surface area contributed by atoms with Crippen molar-refractivity contribution in [3.8, 4) is 0 Å². The second-order valence-electron chi connectivity index (χ2n) is 6.29. The smallest absolute Gasteiger partial charge is 0.123 e. The second kappa shape index (κ2) is 7.21. The van der Waals surface area contributed by atoms with Gasteiger partial charge in [-0.3, -0.25) is 0 Å². The van der Waals surface area contributed by atoms with Crippen LogP contribution in [-0.4, -0.2) is 12.6 Å². The summed E-state index contributed by atoms with van der Waals surface area (Å²) in [6.45, 7) is 7.51. The molecule has 1 saturated carbocycles. The molecular formula is C18H28FN. The summed E-state index contributed by atoms with van der Waals surface area (Å²) >= 11 is 0. The van der Waals surface area contributed by atoms with Crippen LogP contribution in [0.1, 0.15) is 50.7 Å². The van der Waals surface area contributed by atoms with Gasteiger partial charge in [0.15, 0.2) is 0 Å². The van der Waals surface area contributed by atoms with E-state index in [9.17, 15) is 4.39 Å². The summed E-state index contributed by atoms with van der Waals surface area (Å²) < 4.78 is 13.2. The minimum Gasteiger partial charge on any atom is -0.314 e. The minimum absolute atomic E-state index is 0.127. The molecule has 112 valence electrons. The molecule has 0 aliphatic heterocycles. The van der Waals surface area contributed by atoms with Crippen LogP contribution in [0.4, 0.5) is 4.39 Å². The van der Waals surface area contributed by atoms with Crippen LogP contribution >= 0.6 is 0 Å². The fraction of sp³-hybridized carbons (Fsp3) is 0.667. The number of benzene rings is 1. The summed E-state index contributed by atoms with van der Waals surface area (Å²) in [5.74, 6) is 1.57. The van der Waals surface area contributed by atoms with Crippen molar-refractivity contribution >= 4 is 0 Å². The van der Waals surface area contributed by atoms with Gasteiger partial charge in [-0.05, 0) is 67.8 Å². The summed E-state index contributed by atoms with van der Waals surface area (Å²) in [4.78, 5) is 0. The Labute approximate surface area is 123 Å². The molecule has 1 aromatic rings. The van der Waals surface area contributed by atoms with E-state index < -0.39 is 0 Å². The SMILES string of the molecule is CCNC(Cc1ccc(F)cc1C)C1CCC(CC)C1. The summed E-state index contributed by atoms with van der Waals surface area (Å²) in [6.07, 6.45) is 6.42. The molecule has 0 spiro atoms. The van der Waals surface area contributed by atoms with Gasteiger partial charge in [-0.2, -0.15) is 0 Å². The second-order valence-corrected chi connectivity index (χ2v) is 6.29. The molecule has 3 atom stereocenters. The maximum atomic E-state index is 13.2. The molecular weight excluding hydrogens is 249 g/mol. The molecule has 2 heteroatoms. The van der Waals surface area contributed by atoms with Crippen LogP contribution in [0.5, 0.6) is 0 Å². The molecule has 1 aliphatic rings. The number of nitrogens with one attached hydrogen (secondary N) is 1. The molecule has 1 aliphatic carbocycles. The highest BCUT2D eigenvalue weighted by Crippen LogP contribution is 2.36. The Balaban J connectivity index is 2.05. The highest BCUT2D eigenvalue weighted by atomic mass is 19.1. The number of aryl methyl sites for hydroxylation is 1. The zero-order valence-corrected chi connectivity index (χ0v) is 13.1. The van der Waals surface area contributed by atoms with E-state index in [1.165, 1.54) is 31.2 Å². The van der Waals surface area contributed by atoms with Crippen molar-refractivity contribution in [2.24, 2.45) is 11.8 Å². The van der Waals surface area contributed by atoms with Crippen LogP contribution in [0.2, 0.25) is 0 Å². The quantitative estimate of drug-likeness (QED) is 0.808. The predicted molar refractivity (Wildman–Crippen MR) is 83.4 cm³/mol. The van der Waals surface area contributed by atoms with Crippen LogP contribution in [0, 0.1) is 24.6 Å². The van der Waals surface area contributed by atoms with E-state index in [1.807, 2.05) is 13.0 Å². The van der Waals surface area contributed by atoms with Crippen LogP contribution < -0.4 is 5.32 Å². The number of hydrogen-bond donors (Lipinski definition) is 1. The first kappa shape index (κ1) is 15.5. The Bertz CT molecular complexity index is 429. The molecule has 1 nitrogen and oxygen atoms in total. The molecule has 0 bridgehead atoms. The summed E-state index contributed by atoms with van der Waals surface area (Å²) in [5, 5.41) is 3.67. The number of halogens is 1. The first-order valence-corrected chi connectivity index (χ1v) is 8.12. The topological polar surface area (TPSA) is 12.0 Å². The zero-order valence-electron chi connectivity index (χ0n) is 13.1. The highest BCUT2D eigenvalue weighted by Gasteiger charge is 2.29. The molecule has 1 aromatic carbocycles. The molecule has 0 amide bonds. The van der Waals surface area contributed by atoms with Gasteiger partial charge in [-0.15, -0.1) is 0 Å². The van der Waals surface area contributed by atoms with E-state index in [-0.39, 0.29) is 5.82 Å². The first-order chi connectivity index (χ1) is 9.63. The molecule has 20 heavy (non-hydrogen) atoms. The molecule has 0 radical (unpaired) electrons. The lowest BCUT2D eigenvalue weighted by Gasteiger charge is -2.25. The first-order valence-electron chi connectivity index (χ1n) is 8.12. The van der Waals surface area contributed by atoms with Crippen molar-refractivity contribution in [3.05, 3.63) is 35.1 Å². The maximum Gasteiger partial charge on any atom is 0.123 e. The van der Waals surface area contributed by atoms with Gasteiger partial charge < -0.3 is 5.32 Å². The molecule has 0 aromatic heterocycles. The Morgan fingerprint density at radius 2 is 2.10 bits per heavy atom. The third-order valence-electron chi connectivity index (χ3n) is 4.94. The molecule has 1 fully saturated rings. The zero-order chi connectivity index (χ0) is 14.5. The normalized spacial score (nSPS) is 24.0. The lowest BCUT2D eigenvalue weighted by atomic mass is 9.89. The van der Waals surface area contributed by atoms with Crippen molar-refractivity contribution in [2.75, 3.05) is 6.54 Å². The Hall–Kier alpha value is -0.890. The van der Waals surface area contributed by atoms with Gasteiger partial charge >= 0.3 is 0 Å². The lowest BCUT2D eigenvalue weighted by molar-refractivity contribution is 0.348. The maximum absolute atomic E-state index is 13.2. The molecule has 2 rings (SSSR count). The van der Waals surface area contributed by atoms with E-state index in [0.29, 0.717) is 6.04 Å². The largest absolute Gasteiger partial charge is 0.314 e. The van der Waals surface area contributed by atoms with Gasteiger partial charge in [0.2, 0.25) is 0 Å². The van der Waals surface area contributed by atoms with Gasteiger partial charge in [0.05, 0.1) is 0 Å². The third-order valence-corrected chi connectivity index (χ3v) is 4.94. The Kier molecular flexibility index (Phi) is 5.59. The molecule has 0 saturated heterocycles. The fourth-order valence-corrected chi connectivity index (χ4v) is 3.64. The summed E-state index contributed by atoms with van der Waals surface area (Å²) in [7, 11) is 0. The molecule has 3 unspecified atom stereocenters. The predicted octanol–water partition coefficient (Wildman–Crippen LogP) is 4.48. The van der Waals surface area contributed by atoms with Gasteiger partial charge in [0, 0.05) is 6.04 Å². The Morgan fingerprint density at radius 1 is 1.30 bits per heavy atom. The highest BCUT2D eigenvalue weighted by molar-refractivity contribution is 5.27. The van der Waals surface area contributed by atoms with Gasteiger partial charge in [-0.25, -0.2) is 4.39 Å². The average Bonchev–Trinajstić information content (AvgIpc) is 2.90. The van der Waals surface area contributed by atoms with Crippen molar-refractivity contribution < 1.29 is 4.39 Å². The summed E-state index contributed by atoms with van der Waals surface area (Å²) in [6, 6.07) is 5.75. The van der Waals surface area contributed by atoms with Crippen LogP contribution in [-0.2, 0) is 6.42 Å². The fourth-order valence-electron chi connectivity index (χ4n) is 3.64. The number of likely N-dealkylation sites (N-methyl/N-ethyl adjacent to an activating group) is 1. The van der Waals surface area contributed by atoms with Crippen molar-refractivity contribution in [3.63, 3.8) is 0 Å². The monoisotopic (exact) mass is 277 g/mol. The van der Waals surface area contributed by atoms with E-state index in [1.54, 1.807) is 12.1 Å². The standard InChI is InChI=1S/C18H28FN/c1-4-14-6-7-16(11-14)18(20-5-2)12-15-8-9-17(19)10-13(15)3/h8-10,14,16,18,20H,4-7,11-12H2,1-3H3. The van der Waals surface area contributed by atoms with E-state index >= 15 is 0 Å². The van der Waals surface area contributed by atoms with E-state index in [0.717, 1.165) is 30.4 Å². The number of hydrogen-bond acceptors (Lipinski definition) is 1. The van der Waals surface area contributed by atoms with Crippen LogP contribution in [0.3, 0.4) is 0 Å². The Morgan fingerprint density at radius 3 is 2.70 bits per heavy atom. The van der Waals surface area contributed by atoms with Crippen LogP contribution in [0.15, 0.2) is 18.2 Å². The van der Waals surface area contributed by atoms with Crippen LogP contribution in [0.25, 0.3) is 0 Å². The number of rotatable bonds is 6. The average molecular weight is 277 g/mol. The molecule has 1 N–H and O–H groups in total. The minimum atomic E-state index is -0.127. The molecule has 0 heterocycles. The third kappa shape index (κ3) is 3.82. The van der Waals surface area contributed by atoms with Gasteiger partial charge in [0.25, 0.3) is 0 Å². The van der Waals surface area contributed by atoms with Crippen molar-refractivity contribution in [1.82, 2.24) is 5.32 Å². The van der Waals surface area contributed by atoms with E-state index in [2.05, 4.69) is 19.2 Å². The van der Waals surface area contributed by atoms with Crippen molar-refractivity contribution in [1.29, 1.82) is 0 Å². The van der Waals surface area contributed by atoms with Gasteiger partial charge in [0.1, 0.15) is 5.82 Å². The lowest BCUT2D eigenvalue weighted by Crippen LogP contribution is -2.37. The van der Waals surface area contributed by atoms with E-state index in [4.69, 9.17) is 0 Å². The van der Waals surface area contributed by atoms with Gasteiger partial charge in [-0.1, -0.05) is 32.8 Å². The summed E-state index contributed by atoms with van der Waals surface area (Å²) in [5.41, 5.74) is 2.37. The van der Waals surface area contributed by atoms with Crippen molar-refractivity contribution in [2.45, 2.75) is 58.9 Å².